The zero-order valence-electron chi connectivity index (χ0n) is 20.6. The van der Waals surface area contributed by atoms with Crippen LogP contribution in [0.1, 0.15) is 25.3 Å². The molecule has 4 aromatic rings. The van der Waals surface area contributed by atoms with Crippen LogP contribution >= 0.6 is 0 Å². The first-order chi connectivity index (χ1) is 17.0. The molecule has 2 aromatic carbocycles. The van der Waals surface area contributed by atoms with E-state index in [0.717, 1.165) is 77.9 Å². The van der Waals surface area contributed by atoms with Crippen LogP contribution < -0.4 is 10.6 Å². The first kappa shape index (κ1) is 22.5. The summed E-state index contributed by atoms with van der Waals surface area (Å²) < 4.78 is 5.65. The number of aromatic amines is 1. The number of benzene rings is 2. The number of hydrogen-bond acceptors (Lipinski definition) is 6. The molecule has 2 aliphatic rings. The molecular formula is C28H34N6O. The molecule has 2 aromatic heterocycles. The van der Waals surface area contributed by atoms with Crippen LogP contribution in [0.4, 0.5) is 5.82 Å². The first-order valence-corrected chi connectivity index (χ1v) is 12.7. The van der Waals surface area contributed by atoms with Gasteiger partial charge in [0.05, 0.1) is 18.7 Å². The van der Waals surface area contributed by atoms with Crippen molar-refractivity contribution in [1.82, 2.24) is 19.9 Å². The van der Waals surface area contributed by atoms with E-state index in [0.29, 0.717) is 13.2 Å². The van der Waals surface area contributed by atoms with Gasteiger partial charge in [-0.25, -0.2) is 9.97 Å². The van der Waals surface area contributed by atoms with Crippen LogP contribution in [0.2, 0.25) is 0 Å². The number of nitrogens with one attached hydrogen (secondary N) is 1. The van der Waals surface area contributed by atoms with Crippen molar-refractivity contribution in [2.24, 2.45) is 5.73 Å². The van der Waals surface area contributed by atoms with Gasteiger partial charge in [0.25, 0.3) is 0 Å². The number of morpholine rings is 1. The molecule has 2 aliphatic heterocycles. The number of piperidine rings is 1. The molecule has 7 nitrogen and oxygen atoms in total. The summed E-state index contributed by atoms with van der Waals surface area (Å²) in [7, 11) is 2.23. The summed E-state index contributed by atoms with van der Waals surface area (Å²) in [6.45, 7) is 6.49. The zero-order valence-corrected chi connectivity index (χ0v) is 20.6. The standard InChI is InChI=1S/C28H34N6O/c1-28(18-20(29)9-11-33(28)2)17-19-6-7-25-23(16-19)27(34-12-14-35-15-13-34)32-26(31-25)22-4-3-5-24-21(22)8-10-30-24/h3-8,10,16,20,30H,9,11-15,17-18,29H2,1-2H3. The van der Waals surface area contributed by atoms with Gasteiger partial charge in [-0.3, -0.25) is 0 Å². The van der Waals surface area contributed by atoms with E-state index in [-0.39, 0.29) is 11.6 Å². The van der Waals surface area contributed by atoms with Crippen molar-refractivity contribution < 1.29 is 4.74 Å². The average Bonchev–Trinajstić information content (AvgIpc) is 3.35. The monoisotopic (exact) mass is 470 g/mol. The van der Waals surface area contributed by atoms with Crippen molar-refractivity contribution in [3.8, 4) is 11.4 Å². The Morgan fingerprint density at radius 2 is 1.94 bits per heavy atom. The summed E-state index contributed by atoms with van der Waals surface area (Å²) in [5.74, 6) is 1.77. The van der Waals surface area contributed by atoms with E-state index >= 15 is 0 Å². The maximum Gasteiger partial charge on any atom is 0.162 e. The van der Waals surface area contributed by atoms with E-state index < -0.39 is 0 Å². The van der Waals surface area contributed by atoms with Gasteiger partial charge in [0, 0.05) is 52.7 Å². The van der Waals surface area contributed by atoms with Crippen LogP contribution in [-0.4, -0.2) is 71.3 Å². The molecule has 0 spiro atoms. The number of nitrogens with zero attached hydrogens (tertiary/aromatic N) is 4. The second-order valence-corrected chi connectivity index (χ2v) is 10.4. The van der Waals surface area contributed by atoms with Crippen molar-refractivity contribution in [2.75, 3.05) is 44.8 Å². The third kappa shape index (κ3) is 4.18. The second kappa shape index (κ2) is 8.90. The van der Waals surface area contributed by atoms with Crippen LogP contribution in [0, 0.1) is 0 Å². The van der Waals surface area contributed by atoms with Crippen LogP contribution in [0.5, 0.6) is 0 Å². The van der Waals surface area contributed by atoms with E-state index in [4.69, 9.17) is 20.4 Å². The minimum atomic E-state index is 0.0508. The fourth-order valence-corrected chi connectivity index (χ4v) is 5.79. The quantitative estimate of drug-likeness (QED) is 0.470. The lowest BCUT2D eigenvalue weighted by atomic mass is 9.81. The van der Waals surface area contributed by atoms with Gasteiger partial charge < -0.3 is 25.3 Å². The lowest BCUT2D eigenvalue weighted by Gasteiger charge is -2.45. The predicted molar refractivity (Wildman–Crippen MR) is 142 cm³/mol. The maximum atomic E-state index is 6.37. The first-order valence-electron chi connectivity index (χ1n) is 12.7. The van der Waals surface area contributed by atoms with Gasteiger partial charge in [-0.05, 0) is 69.6 Å². The number of aromatic nitrogens is 3. The number of rotatable bonds is 4. The molecule has 0 amide bonds. The Kier molecular flexibility index (Phi) is 5.71. The molecule has 2 unspecified atom stereocenters. The Bertz CT molecular complexity index is 1360. The maximum absolute atomic E-state index is 6.37. The molecule has 3 N–H and O–H groups in total. The summed E-state index contributed by atoms with van der Waals surface area (Å²) in [5.41, 5.74) is 10.9. The van der Waals surface area contributed by atoms with E-state index in [1.807, 2.05) is 6.20 Å². The lowest BCUT2D eigenvalue weighted by molar-refractivity contribution is 0.0790. The number of likely N-dealkylation sites (tertiary alicyclic amines) is 1. The number of likely N-dealkylation sites (N-methyl/N-ethyl adjacent to an activating group) is 1. The number of anilines is 1. The number of nitrogens with two attached hydrogens (primary N) is 1. The molecule has 2 fully saturated rings. The Morgan fingerprint density at radius 3 is 2.80 bits per heavy atom. The lowest BCUT2D eigenvalue weighted by Crippen LogP contribution is -2.54. The molecule has 4 heterocycles. The van der Waals surface area contributed by atoms with Gasteiger partial charge in [-0.2, -0.15) is 0 Å². The van der Waals surface area contributed by atoms with Crippen molar-refractivity contribution >= 4 is 27.6 Å². The van der Waals surface area contributed by atoms with E-state index in [1.165, 1.54) is 5.56 Å². The van der Waals surface area contributed by atoms with Crippen LogP contribution in [0.15, 0.2) is 48.7 Å². The molecule has 35 heavy (non-hydrogen) atoms. The number of fused-ring (bicyclic) bond motifs is 2. The van der Waals surface area contributed by atoms with Gasteiger partial charge >= 0.3 is 0 Å². The topological polar surface area (TPSA) is 83.3 Å². The normalized spacial score (nSPS) is 23.9. The van der Waals surface area contributed by atoms with Crippen LogP contribution in [-0.2, 0) is 11.2 Å². The Balaban J connectivity index is 1.46. The summed E-state index contributed by atoms with van der Waals surface area (Å²) >= 11 is 0. The summed E-state index contributed by atoms with van der Waals surface area (Å²) in [6, 6.07) is 15.3. The molecule has 0 bridgehead atoms. The molecule has 2 saturated heterocycles. The molecule has 0 aliphatic carbocycles. The molecular weight excluding hydrogens is 436 g/mol. The average molecular weight is 471 g/mol. The van der Waals surface area contributed by atoms with Crippen LogP contribution in [0.25, 0.3) is 33.2 Å². The van der Waals surface area contributed by atoms with Gasteiger partial charge in [0.2, 0.25) is 0 Å². The molecule has 0 saturated carbocycles. The Hall–Kier alpha value is -3.00. The number of ether oxygens (including phenoxy) is 1. The van der Waals surface area contributed by atoms with Gasteiger partial charge in [-0.1, -0.05) is 18.2 Å². The molecule has 0 radical (unpaired) electrons. The highest BCUT2D eigenvalue weighted by Gasteiger charge is 2.35. The van der Waals surface area contributed by atoms with Crippen molar-refractivity contribution in [2.45, 2.75) is 37.8 Å². The third-order valence-electron chi connectivity index (χ3n) is 7.93. The van der Waals surface area contributed by atoms with E-state index in [9.17, 15) is 0 Å². The number of hydrogen-bond donors (Lipinski definition) is 2. The highest BCUT2D eigenvalue weighted by atomic mass is 16.5. The summed E-state index contributed by atoms with van der Waals surface area (Å²) in [4.78, 5) is 18.3. The molecule has 6 rings (SSSR count). The fraction of sp³-hybridized carbons (Fsp3) is 0.429. The van der Waals surface area contributed by atoms with Gasteiger partial charge in [-0.15, -0.1) is 0 Å². The Labute approximate surface area is 206 Å². The molecule has 182 valence electrons. The van der Waals surface area contributed by atoms with E-state index in [2.05, 4.69) is 71.2 Å². The fourth-order valence-electron chi connectivity index (χ4n) is 5.79. The van der Waals surface area contributed by atoms with Gasteiger partial charge in [0.1, 0.15) is 5.82 Å². The second-order valence-electron chi connectivity index (χ2n) is 10.4. The smallest absolute Gasteiger partial charge is 0.162 e. The summed E-state index contributed by atoms with van der Waals surface area (Å²) in [5, 5.41) is 2.25. The molecule has 7 heteroatoms. The van der Waals surface area contributed by atoms with E-state index in [1.54, 1.807) is 0 Å². The number of H-pyrrole nitrogens is 1. The Morgan fingerprint density at radius 1 is 1.09 bits per heavy atom. The van der Waals surface area contributed by atoms with Crippen molar-refractivity contribution in [1.29, 1.82) is 0 Å². The van der Waals surface area contributed by atoms with Gasteiger partial charge in [0.15, 0.2) is 5.82 Å². The summed E-state index contributed by atoms with van der Waals surface area (Å²) in [6.07, 6.45) is 5.00. The minimum Gasteiger partial charge on any atom is -0.378 e. The largest absolute Gasteiger partial charge is 0.378 e. The molecule has 2 atom stereocenters. The van der Waals surface area contributed by atoms with Crippen LogP contribution in [0.3, 0.4) is 0 Å². The highest BCUT2D eigenvalue weighted by molar-refractivity contribution is 5.97. The highest BCUT2D eigenvalue weighted by Crippen LogP contribution is 2.34. The predicted octanol–water partition coefficient (Wildman–Crippen LogP) is 3.97. The zero-order chi connectivity index (χ0) is 24.0. The SMILES string of the molecule is CN1CCC(N)CC1(C)Cc1ccc2nc(-c3cccc4[nH]ccc34)nc(N3CCOCC3)c2c1. The third-order valence-corrected chi connectivity index (χ3v) is 7.93. The van der Waals surface area contributed by atoms with Crippen molar-refractivity contribution in [3.05, 3.63) is 54.2 Å². The minimum absolute atomic E-state index is 0.0508. The van der Waals surface area contributed by atoms with Crippen molar-refractivity contribution in [3.63, 3.8) is 0 Å².